The van der Waals surface area contributed by atoms with E-state index in [1.165, 1.54) is 12.1 Å². The molecule has 0 spiro atoms. The molecule has 0 saturated carbocycles. The fourth-order valence-electron chi connectivity index (χ4n) is 3.53. The molecule has 0 atom stereocenters. The van der Waals surface area contributed by atoms with Gasteiger partial charge in [-0.25, -0.2) is 0 Å². The number of hydrogen-bond donors (Lipinski definition) is 0. The first-order chi connectivity index (χ1) is 12.4. The number of hydrogen-bond acceptors (Lipinski definition) is 2. The van der Waals surface area contributed by atoms with Crippen LogP contribution in [0.3, 0.4) is 0 Å². The molecule has 1 heterocycles. The second-order valence-electron chi connectivity index (χ2n) is 6.76. The normalized spacial score (nSPS) is 15.8. The van der Waals surface area contributed by atoms with Crippen molar-refractivity contribution in [2.45, 2.75) is 12.7 Å². The molecule has 0 radical (unpaired) electrons. The van der Waals surface area contributed by atoms with Crippen LogP contribution in [0.5, 0.6) is 0 Å². The zero-order valence-electron chi connectivity index (χ0n) is 14.4. The van der Waals surface area contributed by atoms with Gasteiger partial charge in [-0.05, 0) is 53.7 Å². The number of fused-ring (bicyclic) bond motifs is 2. The van der Waals surface area contributed by atoms with E-state index in [0.717, 1.165) is 35.2 Å². The lowest BCUT2D eigenvalue weighted by Gasteiger charge is -2.26. The predicted molar refractivity (Wildman–Crippen MR) is 98.7 cm³/mol. The van der Waals surface area contributed by atoms with Crippen molar-refractivity contribution in [3.8, 4) is 0 Å². The van der Waals surface area contributed by atoms with Gasteiger partial charge in [0.15, 0.2) is 0 Å². The maximum Gasteiger partial charge on any atom is 0.416 e. The lowest BCUT2D eigenvalue weighted by molar-refractivity contribution is -0.137. The van der Waals surface area contributed by atoms with Crippen LogP contribution in [0.1, 0.15) is 11.1 Å². The van der Waals surface area contributed by atoms with Crippen molar-refractivity contribution in [3.05, 3.63) is 71.8 Å². The standard InChI is InChI=1S/C21H19F3N2/c1-25-10-11-26(19-8-6-15-4-2-3-5-16(15)13-19)20-9-7-18(21(22,23)24)12-17(20)14-25/h2-9,12-13H,10-11,14H2,1H3. The summed E-state index contributed by atoms with van der Waals surface area (Å²) >= 11 is 0. The monoisotopic (exact) mass is 356 g/mol. The molecule has 134 valence electrons. The Kier molecular flexibility index (Phi) is 4.11. The van der Waals surface area contributed by atoms with E-state index in [2.05, 4.69) is 34.1 Å². The van der Waals surface area contributed by atoms with Gasteiger partial charge in [-0.1, -0.05) is 30.3 Å². The fraction of sp³-hybridized carbons (Fsp3) is 0.238. The molecule has 0 bridgehead atoms. The zero-order valence-corrected chi connectivity index (χ0v) is 14.4. The second kappa shape index (κ2) is 6.32. The third kappa shape index (κ3) is 3.15. The van der Waals surface area contributed by atoms with Crippen molar-refractivity contribution < 1.29 is 13.2 Å². The highest BCUT2D eigenvalue weighted by molar-refractivity contribution is 5.87. The van der Waals surface area contributed by atoms with E-state index in [-0.39, 0.29) is 0 Å². The predicted octanol–water partition coefficient (Wildman–Crippen LogP) is 5.44. The van der Waals surface area contributed by atoms with Gasteiger partial charge >= 0.3 is 6.18 Å². The SMILES string of the molecule is CN1CCN(c2ccc3ccccc3c2)c2ccc(C(F)(F)F)cc2C1. The van der Waals surface area contributed by atoms with Crippen molar-refractivity contribution in [2.75, 3.05) is 25.0 Å². The van der Waals surface area contributed by atoms with E-state index < -0.39 is 11.7 Å². The molecule has 0 aromatic heterocycles. The number of likely N-dealkylation sites (N-methyl/N-ethyl adjacent to an activating group) is 1. The van der Waals surface area contributed by atoms with Crippen LogP contribution in [-0.2, 0) is 12.7 Å². The molecule has 0 unspecified atom stereocenters. The van der Waals surface area contributed by atoms with Gasteiger partial charge in [-0.3, -0.25) is 0 Å². The number of benzene rings is 3. The summed E-state index contributed by atoms with van der Waals surface area (Å²) in [5.41, 5.74) is 1.95. The van der Waals surface area contributed by atoms with E-state index in [9.17, 15) is 13.2 Å². The zero-order chi connectivity index (χ0) is 18.3. The Bertz CT molecular complexity index is 949. The average Bonchev–Trinajstić information content (AvgIpc) is 2.78. The molecule has 3 aromatic carbocycles. The third-order valence-corrected chi connectivity index (χ3v) is 4.89. The minimum atomic E-state index is -4.33. The van der Waals surface area contributed by atoms with Gasteiger partial charge in [0, 0.05) is 31.0 Å². The van der Waals surface area contributed by atoms with Crippen molar-refractivity contribution in [1.82, 2.24) is 4.90 Å². The molecule has 1 aliphatic heterocycles. The summed E-state index contributed by atoms with van der Waals surface area (Å²) in [7, 11) is 1.94. The molecule has 0 amide bonds. The first kappa shape index (κ1) is 16.9. The minimum Gasteiger partial charge on any atom is -0.340 e. The highest BCUT2D eigenvalue weighted by atomic mass is 19.4. The molecule has 1 aliphatic rings. The molecular formula is C21H19F3N2. The largest absolute Gasteiger partial charge is 0.416 e. The first-order valence-corrected chi connectivity index (χ1v) is 8.57. The summed E-state index contributed by atoms with van der Waals surface area (Å²) in [5, 5.41) is 2.27. The smallest absolute Gasteiger partial charge is 0.340 e. The quantitative estimate of drug-likeness (QED) is 0.573. The van der Waals surface area contributed by atoms with E-state index in [1.54, 1.807) is 6.07 Å². The summed E-state index contributed by atoms with van der Waals surface area (Å²) in [6, 6.07) is 18.4. The highest BCUT2D eigenvalue weighted by Crippen LogP contribution is 2.37. The fourth-order valence-corrected chi connectivity index (χ4v) is 3.53. The third-order valence-electron chi connectivity index (χ3n) is 4.89. The van der Waals surface area contributed by atoms with E-state index in [4.69, 9.17) is 0 Å². The Labute approximate surface area is 150 Å². The summed E-state index contributed by atoms with van der Waals surface area (Å²) in [6.45, 7) is 2.01. The lowest BCUT2D eigenvalue weighted by atomic mass is 10.1. The summed E-state index contributed by atoms with van der Waals surface area (Å²) in [6.07, 6.45) is -4.33. The van der Waals surface area contributed by atoms with Crippen LogP contribution < -0.4 is 4.90 Å². The molecule has 0 fully saturated rings. The number of rotatable bonds is 1. The number of halogens is 3. The molecule has 0 saturated heterocycles. The molecule has 26 heavy (non-hydrogen) atoms. The Morgan fingerprint density at radius 3 is 2.38 bits per heavy atom. The van der Waals surface area contributed by atoms with Crippen molar-refractivity contribution in [1.29, 1.82) is 0 Å². The topological polar surface area (TPSA) is 6.48 Å². The van der Waals surface area contributed by atoms with E-state index >= 15 is 0 Å². The summed E-state index contributed by atoms with van der Waals surface area (Å²) in [4.78, 5) is 4.17. The van der Waals surface area contributed by atoms with Crippen LogP contribution in [-0.4, -0.2) is 25.0 Å². The Balaban J connectivity index is 1.81. The molecule has 3 aromatic rings. The molecule has 5 heteroatoms. The number of anilines is 2. The van der Waals surface area contributed by atoms with Crippen LogP contribution in [0, 0.1) is 0 Å². The van der Waals surface area contributed by atoms with Crippen LogP contribution >= 0.6 is 0 Å². The van der Waals surface area contributed by atoms with Gasteiger partial charge in [0.25, 0.3) is 0 Å². The molecular weight excluding hydrogens is 337 g/mol. The van der Waals surface area contributed by atoms with Gasteiger partial charge in [0.2, 0.25) is 0 Å². The summed E-state index contributed by atoms with van der Waals surface area (Å²) in [5.74, 6) is 0. The number of nitrogens with zero attached hydrogens (tertiary/aromatic N) is 2. The Hall–Kier alpha value is -2.53. The van der Waals surface area contributed by atoms with Gasteiger partial charge in [-0.15, -0.1) is 0 Å². The van der Waals surface area contributed by atoms with Crippen LogP contribution in [0.4, 0.5) is 24.5 Å². The van der Waals surface area contributed by atoms with Crippen molar-refractivity contribution in [3.63, 3.8) is 0 Å². The number of alkyl halides is 3. The Morgan fingerprint density at radius 2 is 1.62 bits per heavy atom. The second-order valence-corrected chi connectivity index (χ2v) is 6.76. The minimum absolute atomic E-state index is 0.503. The molecule has 2 nitrogen and oxygen atoms in total. The van der Waals surface area contributed by atoms with Gasteiger partial charge < -0.3 is 9.80 Å². The van der Waals surface area contributed by atoms with E-state index in [0.29, 0.717) is 12.1 Å². The van der Waals surface area contributed by atoms with Gasteiger partial charge in [0.1, 0.15) is 0 Å². The first-order valence-electron chi connectivity index (χ1n) is 8.57. The van der Waals surface area contributed by atoms with Crippen molar-refractivity contribution >= 4 is 22.1 Å². The van der Waals surface area contributed by atoms with Gasteiger partial charge in [-0.2, -0.15) is 13.2 Å². The molecule has 0 aliphatic carbocycles. The van der Waals surface area contributed by atoms with Crippen LogP contribution in [0.25, 0.3) is 10.8 Å². The maximum atomic E-state index is 13.1. The van der Waals surface area contributed by atoms with E-state index in [1.807, 2.05) is 25.2 Å². The molecule has 0 N–H and O–H groups in total. The average molecular weight is 356 g/mol. The Morgan fingerprint density at radius 1 is 0.846 bits per heavy atom. The summed E-state index contributed by atoms with van der Waals surface area (Å²) < 4.78 is 39.4. The lowest BCUT2D eigenvalue weighted by Crippen LogP contribution is -2.26. The molecule has 4 rings (SSSR count). The highest BCUT2D eigenvalue weighted by Gasteiger charge is 2.32. The maximum absolute atomic E-state index is 13.1. The van der Waals surface area contributed by atoms with Crippen LogP contribution in [0.15, 0.2) is 60.7 Å². The van der Waals surface area contributed by atoms with Crippen molar-refractivity contribution in [2.24, 2.45) is 0 Å². The van der Waals surface area contributed by atoms with Gasteiger partial charge in [0.05, 0.1) is 5.56 Å². The van der Waals surface area contributed by atoms with Crippen LogP contribution in [0.2, 0.25) is 0 Å².